The Morgan fingerprint density at radius 2 is 1.86 bits per heavy atom. The minimum atomic E-state index is -0.0143. The maximum atomic E-state index is 13.4. The first kappa shape index (κ1) is 18.7. The van der Waals surface area contributed by atoms with Gasteiger partial charge in [0, 0.05) is 0 Å². The summed E-state index contributed by atoms with van der Waals surface area (Å²) in [7, 11) is 0. The van der Waals surface area contributed by atoms with Crippen molar-refractivity contribution in [1.29, 1.82) is 0 Å². The number of nitrogens with zero attached hydrogens (tertiary/aromatic N) is 2. The van der Waals surface area contributed by atoms with Gasteiger partial charge in [-0.25, -0.2) is 4.98 Å². The summed E-state index contributed by atoms with van der Waals surface area (Å²) in [5, 5.41) is 3.00. The molecule has 0 aliphatic carbocycles. The predicted octanol–water partition coefficient (Wildman–Crippen LogP) is 0.307. The molecule has 3 aromatic rings. The van der Waals surface area contributed by atoms with Gasteiger partial charge >= 0.3 is 0 Å². The highest BCUT2D eigenvalue weighted by molar-refractivity contribution is 5.77. The second kappa shape index (κ2) is 8.12. The first-order chi connectivity index (χ1) is 13.7. The lowest BCUT2D eigenvalue weighted by atomic mass is 10.1. The molecule has 3 N–H and O–H groups in total. The highest BCUT2D eigenvalue weighted by atomic mass is 16.5. The molecule has 6 heteroatoms. The second-order valence-corrected chi connectivity index (χ2v) is 7.30. The molecule has 0 saturated carbocycles. The number of hydrogen-bond acceptors (Lipinski definition) is 3. The zero-order valence-corrected chi connectivity index (χ0v) is 16.5. The Morgan fingerprint density at radius 1 is 1.14 bits per heavy atom. The first-order valence-corrected chi connectivity index (χ1v) is 10.1. The number of quaternary nitrogens is 2. The molecule has 4 rings (SSSR count). The first-order valence-electron chi connectivity index (χ1n) is 10.1. The topological polar surface area (TPSA) is 65.2 Å². The van der Waals surface area contributed by atoms with Gasteiger partial charge in [0.2, 0.25) is 0 Å². The Kier molecular flexibility index (Phi) is 5.41. The van der Waals surface area contributed by atoms with Crippen LogP contribution in [0.15, 0.2) is 53.3 Å². The lowest BCUT2D eigenvalue weighted by Gasteiger charge is -2.29. The molecule has 2 aromatic carbocycles. The quantitative estimate of drug-likeness (QED) is 0.670. The number of ether oxygens (including phenoxy) is 1. The Hall–Kier alpha value is -2.70. The van der Waals surface area contributed by atoms with E-state index < -0.39 is 0 Å². The molecular weight excluding hydrogens is 352 g/mol. The van der Waals surface area contributed by atoms with Crippen LogP contribution >= 0.6 is 0 Å². The van der Waals surface area contributed by atoms with Crippen molar-refractivity contribution in [3.8, 4) is 11.4 Å². The van der Waals surface area contributed by atoms with E-state index in [1.54, 1.807) is 4.57 Å². The fourth-order valence-electron chi connectivity index (χ4n) is 4.01. The molecular formula is C22H28N4O2+2. The molecule has 1 atom stereocenters. The van der Waals surface area contributed by atoms with Crippen LogP contribution in [0.3, 0.4) is 0 Å². The Labute approximate surface area is 164 Å². The van der Waals surface area contributed by atoms with Crippen LogP contribution in [-0.4, -0.2) is 42.3 Å². The van der Waals surface area contributed by atoms with Crippen molar-refractivity contribution < 1.29 is 15.0 Å². The maximum Gasteiger partial charge on any atom is 0.266 e. The molecule has 1 saturated heterocycles. The molecule has 0 amide bonds. The van der Waals surface area contributed by atoms with E-state index >= 15 is 0 Å². The number of benzene rings is 2. The highest BCUT2D eigenvalue weighted by Crippen LogP contribution is 2.19. The van der Waals surface area contributed by atoms with Crippen LogP contribution in [0.5, 0.6) is 5.75 Å². The summed E-state index contributed by atoms with van der Waals surface area (Å²) in [5.41, 5.74) is 1.58. The number of nitrogens with one attached hydrogen (secondary N) is 1. The smallest absolute Gasteiger partial charge is 0.266 e. The third kappa shape index (κ3) is 3.53. The summed E-state index contributed by atoms with van der Waals surface area (Å²) in [5.74, 6) is 1.63. The number of aromatic nitrogens is 2. The van der Waals surface area contributed by atoms with Gasteiger partial charge in [-0.05, 0) is 50.2 Å². The third-order valence-electron chi connectivity index (χ3n) is 5.55. The molecule has 6 nitrogen and oxygen atoms in total. The van der Waals surface area contributed by atoms with Crippen molar-refractivity contribution in [3.05, 3.63) is 64.7 Å². The highest BCUT2D eigenvalue weighted by Gasteiger charge is 2.28. The maximum absolute atomic E-state index is 13.4. The normalized spacial score (nSPS) is 16.2. The van der Waals surface area contributed by atoms with E-state index in [0.29, 0.717) is 12.0 Å². The molecule has 28 heavy (non-hydrogen) atoms. The third-order valence-corrected chi connectivity index (χ3v) is 5.55. The largest absolute Gasteiger partial charge is 0.494 e. The molecule has 0 bridgehead atoms. The lowest BCUT2D eigenvalue weighted by molar-refractivity contribution is -0.971. The molecule has 0 unspecified atom stereocenters. The predicted molar refractivity (Wildman–Crippen MR) is 109 cm³/mol. The van der Waals surface area contributed by atoms with Gasteiger partial charge in [0.15, 0.2) is 5.82 Å². The number of nitrogens with two attached hydrogens (primary N) is 1. The van der Waals surface area contributed by atoms with Gasteiger partial charge in [0.05, 0.1) is 23.2 Å². The van der Waals surface area contributed by atoms with Crippen molar-refractivity contribution in [1.82, 2.24) is 9.55 Å². The Morgan fingerprint density at radius 3 is 2.57 bits per heavy atom. The Balaban J connectivity index is 1.86. The molecule has 1 aromatic heterocycles. The molecule has 1 fully saturated rings. The minimum absolute atomic E-state index is 0.0143. The van der Waals surface area contributed by atoms with Crippen molar-refractivity contribution >= 4 is 10.9 Å². The lowest BCUT2D eigenvalue weighted by Crippen LogP contribution is -3.20. The van der Waals surface area contributed by atoms with E-state index in [1.165, 1.54) is 4.90 Å². The monoisotopic (exact) mass is 380 g/mol. The average Bonchev–Trinajstić information content (AvgIpc) is 2.75. The van der Waals surface area contributed by atoms with Gasteiger partial charge in [0.25, 0.3) is 5.56 Å². The molecule has 146 valence electrons. The van der Waals surface area contributed by atoms with Crippen LogP contribution < -0.4 is 20.5 Å². The summed E-state index contributed by atoms with van der Waals surface area (Å²) >= 11 is 0. The van der Waals surface area contributed by atoms with E-state index in [-0.39, 0.29) is 11.6 Å². The minimum Gasteiger partial charge on any atom is -0.494 e. The van der Waals surface area contributed by atoms with Gasteiger partial charge in [-0.3, -0.25) is 9.36 Å². The van der Waals surface area contributed by atoms with Crippen molar-refractivity contribution in [2.45, 2.75) is 19.9 Å². The zero-order valence-electron chi connectivity index (χ0n) is 16.5. The number of fused-ring (bicyclic) bond motifs is 1. The molecule has 1 aliphatic heterocycles. The van der Waals surface area contributed by atoms with Gasteiger partial charge in [0.1, 0.15) is 38.0 Å². The second-order valence-electron chi connectivity index (χ2n) is 7.30. The Bertz CT molecular complexity index is 1010. The number of rotatable bonds is 5. The van der Waals surface area contributed by atoms with Gasteiger partial charge in [-0.15, -0.1) is 0 Å². The van der Waals surface area contributed by atoms with E-state index in [2.05, 4.69) is 12.2 Å². The molecule has 0 radical (unpaired) electrons. The van der Waals surface area contributed by atoms with E-state index in [0.717, 1.165) is 49.0 Å². The van der Waals surface area contributed by atoms with Crippen molar-refractivity contribution in [2.24, 2.45) is 0 Å². The van der Waals surface area contributed by atoms with Crippen LogP contribution in [-0.2, 0) is 0 Å². The summed E-state index contributed by atoms with van der Waals surface area (Å²) in [4.78, 5) is 19.8. The fraction of sp³-hybridized carbons (Fsp3) is 0.364. The van der Waals surface area contributed by atoms with Gasteiger partial charge in [-0.2, -0.15) is 0 Å². The van der Waals surface area contributed by atoms with Crippen LogP contribution in [0, 0.1) is 0 Å². The molecule has 1 aliphatic rings. The number of para-hydroxylation sites is 1. The summed E-state index contributed by atoms with van der Waals surface area (Å²) in [6, 6.07) is 15.5. The van der Waals surface area contributed by atoms with Crippen LogP contribution in [0.25, 0.3) is 16.6 Å². The summed E-state index contributed by atoms with van der Waals surface area (Å²) < 4.78 is 7.35. The van der Waals surface area contributed by atoms with E-state index in [1.807, 2.05) is 55.5 Å². The zero-order chi connectivity index (χ0) is 19.5. The van der Waals surface area contributed by atoms with E-state index in [4.69, 9.17) is 9.72 Å². The van der Waals surface area contributed by atoms with Gasteiger partial charge in [-0.1, -0.05) is 12.1 Å². The van der Waals surface area contributed by atoms with Crippen LogP contribution in [0.2, 0.25) is 0 Å². The van der Waals surface area contributed by atoms with Crippen LogP contribution in [0.4, 0.5) is 0 Å². The summed E-state index contributed by atoms with van der Waals surface area (Å²) in [6.45, 7) is 9.14. The van der Waals surface area contributed by atoms with Crippen LogP contribution in [0.1, 0.15) is 25.7 Å². The van der Waals surface area contributed by atoms with Crippen molar-refractivity contribution in [2.75, 3.05) is 32.8 Å². The van der Waals surface area contributed by atoms with E-state index in [9.17, 15) is 4.79 Å². The van der Waals surface area contributed by atoms with Gasteiger partial charge < -0.3 is 15.0 Å². The standard InChI is InChI=1S/C22H26N4O2/c1-3-28-18-10-8-17(9-11-18)26-21(16(2)25-14-12-23-13-15-25)24-20-7-5-4-6-19(20)22(26)27/h4-11,16,23H,3,12-15H2,1-2H3/p+2/t16-/m0/s1. The molecule has 2 heterocycles. The number of piperazine rings is 1. The number of hydrogen-bond donors (Lipinski definition) is 2. The fourth-order valence-corrected chi connectivity index (χ4v) is 4.01. The summed E-state index contributed by atoms with van der Waals surface area (Å²) in [6.07, 6.45) is 0. The SMILES string of the molecule is CCOc1ccc(-n2c([C@H](C)[NH+]3CC[NH2+]CC3)nc3ccccc3c2=O)cc1. The van der Waals surface area contributed by atoms with Crippen molar-refractivity contribution in [3.63, 3.8) is 0 Å². The average molecular weight is 380 g/mol. The molecule has 0 spiro atoms.